The molecule has 0 saturated carbocycles. The predicted molar refractivity (Wildman–Crippen MR) is 112 cm³/mol. The van der Waals surface area contributed by atoms with Crippen LogP contribution in [0.2, 0.25) is 0 Å². The molecule has 0 aliphatic carbocycles. The van der Waals surface area contributed by atoms with Gasteiger partial charge in [-0.1, -0.05) is 60.7 Å². The fraction of sp³-hybridized carbons (Fsp3) is 0.208. The van der Waals surface area contributed by atoms with Gasteiger partial charge in [0.05, 0.1) is 6.04 Å². The van der Waals surface area contributed by atoms with Gasteiger partial charge in [-0.2, -0.15) is 0 Å². The molecule has 0 aromatic heterocycles. The van der Waals surface area contributed by atoms with Gasteiger partial charge in [0.2, 0.25) is 0 Å². The Bertz CT molecular complexity index is 920. The first-order valence-corrected chi connectivity index (χ1v) is 9.80. The number of dihydropyridines is 1. The van der Waals surface area contributed by atoms with Crippen LogP contribution in [-0.4, -0.2) is 30.1 Å². The summed E-state index contributed by atoms with van der Waals surface area (Å²) in [6, 6.07) is 19.5. The van der Waals surface area contributed by atoms with Crippen molar-refractivity contribution in [2.24, 2.45) is 0 Å². The Kier molecular flexibility index (Phi) is 5.95. The van der Waals surface area contributed by atoms with E-state index in [0.717, 1.165) is 29.1 Å². The second kappa shape index (κ2) is 9.15. The van der Waals surface area contributed by atoms with Gasteiger partial charge in [0, 0.05) is 19.3 Å². The molecule has 2 heterocycles. The van der Waals surface area contributed by atoms with Crippen molar-refractivity contribution in [2.45, 2.75) is 19.1 Å². The van der Waals surface area contributed by atoms with Crippen molar-refractivity contribution in [1.82, 2.24) is 10.2 Å². The number of nitrogens with zero attached hydrogens (tertiary/aromatic N) is 1. The molecule has 0 bridgehead atoms. The van der Waals surface area contributed by atoms with E-state index in [2.05, 4.69) is 17.5 Å². The van der Waals surface area contributed by atoms with E-state index in [-0.39, 0.29) is 12.1 Å². The Morgan fingerprint density at radius 3 is 2.55 bits per heavy atom. The second-order valence-electron chi connectivity index (χ2n) is 6.99. The average molecular weight is 388 g/mol. The minimum absolute atomic E-state index is 0.0443. The van der Waals surface area contributed by atoms with E-state index in [1.165, 1.54) is 0 Å². The molecule has 1 amide bonds. The SMILES string of the molecule is O=C(OCc1ccccc1)N1CCC=C(C2C=CC(Oc3ccccc3)=CN2)C1. The molecule has 0 saturated heterocycles. The first-order valence-electron chi connectivity index (χ1n) is 9.80. The number of nitrogens with one attached hydrogen (secondary N) is 1. The third-order valence-corrected chi connectivity index (χ3v) is 4.88. The molecule has 0 fully saturated rings. The zero-order chi connectivity index (χ0) is 19.9. The summed E-state index contributed by atoms with van der Waals surface area (Å²) in [4.78, 5) is 14.2. The molecule has 2 aromatic carbocycles. The van der Waals surface area contributed by atoms with Crippen molar-refractivity contribution in [3.63, 3.8) is 0 Å². The number of ether oxygens (including phenoxy) is 2. The lowest BCUT2D eigenvalue weighted by molar-refractivity contribution is 0.0979. The highest BCUT2D eigenvalue weighted by Gasteiger charge is 2.24. The minimum atomic E-state index is -0.275. The van der Waals surface area contributed by atoms with Crippen molar-refractivity contribution in [1.29, 1.82) is 0 Å². The van der Waals surface area contributed by atoms with E-state index in [9.17, 15) is 4.79 Å². The first-order chi connectivity index (χ1) is 14.3. The number of allylic oxidation sites excluding steroid dienone is 1. The van der Waals surface area contributed by atoms with Crippen LogP contribution >= 0.6 is 0 Å². The molecule has 1 atom stereocenters. The summed E-state index contributed by atoms with van der Waals surface area (Å²) in [5.41, 5.74) is 2.14. The molecule has 148 valence electrons. The van der Waals surface area contributed by atoms with Crippen LogP contribution in [0.4, 0.5) is 4.79 Å². The number of carbonyl (C=O) groups excluding carboxylic acids is 1. The second-order valence-corrected chi connectivity index (χ2v) is 6.99. The quantitative estimate of drug-likeness (QED) is 0.771. The smallest absolute Gasteiger partial charge is 0.410 e. The van der Waals surface area contributed by atoms with Gasteiger partial charge in [-0.05, 0) is 35.8 Å². The summed E-state index contributed by atoms with van der Waals surface area (Å²) in [5, 5.41) is 3.36. The van der Waals surface area contributed by atoms with Gasteiger partial charge in [0.25, 0.3) is 0 Å². The number of hydrogen-bond acceptors (Lipinski definition) is 4. The standard InChI is InChI=1S/C24H24N2O3/c27-24(28-18-19-8-3-1-4-9-19)26-15-7-10-20(17-26)23-14-13-22(16-25-23)29-21-11-5-2-6-12-21/h1-6,8-14,16,23,25H,7,15,17-18H2. The summed E-state index contributed by atoms with van der Waals surface area (Å²) in [6.45, 7) is 1.52. The summed E-state index contributed by atoms with van der Waals surface area (Å²) in [5.74, 6) is 1.55. The highest BCUT2D eigenvalue weighted by atomic mass is 16.6. The lowest BCUT2D eigenvalue weighted by Crippen LogP contribution is -2.41. The lowest BCUT2D eigenvalue weighted by atomic mass is 10.0. The Labute approximate surface area is 170 Å². The molecule has 0 radical (unpaired) electrons. The van der Waals surface area contributed by atoms with Gasteiger partial charge in [0.15, 0.2) is 0 Å². The van der Waals surface area contributed by atoms with Gasteiger partial charge < -0.3 is 19.7 Å². The van der Waals surface area contributed by atoms with E-state index in [1.54, 1.807) is 4.90 Å². The summed E-state index contributed by atoms with van der Waals surface area (Å²) >= 11 is 0. The summed E-state index contributed by atoms with van der Waals surface area (Å²) in [6.07, 6.45) is 8.62. The van der Waals surface area contributed by atoms with Crippen molar-refractivity contribution in [3.8, 4) is 5.75 Å². The van der Waals surface area contributed by atoms with Crippen LogP contribution in [0.25, 0.3) is 0 Å². The van der Waals surface area contributed by atoms with Gasteiger partial charge in [-0.3, -0.25) is 0 Å². The molecule has 2 aliphatic rings. The predicted octanol–water partition coefficient (Wildman–Crippen LogP) is 4.40. The van der Waals surface area contributed by atoms with Crippen molar-refractivity contribution in [2.75, 3.05) is 13.1 Å². The van der Waals surface area contributed by atoms with Crippen molar-refractivity contribution < 1.29 is 14.3 Å². The highest BCUT2D eigenvalue weighted by molar-refractivity contribution is 5.68. The molecule has 2 aliphatic heterocycles. The van der Waals surface area contributed by atoms with Crippen LogP contribution in [0.3, 0.4) is 0 Å². The fourth-order valence-electron chi connectivity index (χ4n) is 3.35. The average Bonchev–Trinajstić information content (AvgIpc) is 2.79. The molecule has 1 unspecified atom stereocenters. The van der Waals surface area contributed by atoms with E-state index in [1.807, 2.05) is 72.9 Å². The third kappa shape index (κ3) is 5.08. The molecule has 5 nitrogen and oxygen atoms in total. The van der Waals surface area contributed by atoms with Crippen LogP contribution in [-0.2, 0) is 11.3 Å². The van der Waals surface area contributed by atoms with Gasteiger partial charge in [-0.15, -0.1) is 0 Å². The molecular weight excluding hydrogens is 364 g/mol. The summed E-state index contributed by atoms with van der Waals surface area (Å²) < 4.78 is 11.3. The minimum Gasteiger partial charge on any atom is -0.456 e. The maximum Gasteiger partial charge on any atom is 0.410 e. The number of hydrogen-bond donors (Lipinski definition) is 1. The van der Waals surface area contributed by atoms with Crippen LogP contribution in [0.5, 0.6) is 5.75 Å². The molecule has 5 heteroatoms. The molecule has 1 N–H and O–H groups in total. The third-order valence-electron chi connectivity index (χ3n) is 4.88. The normalized spacial score (nSPS) is 18.3. The van der Waals surface area contributed by atoms with Gasteiger partial charge in [-0.25, -0.2) is 4.79 Å². The zero-order valence-electron chi connectivity index (χ0n) is 16.2. The highest BCUT2D eigenvalue weighted by Crippen LogP contribution is 2.20. The van der Waals surface area contributed by atoms with Crippen molar-refractivity contribution in [3.05, 3.63) is 102 Å². The van der Waals surface area contributed by atoms with E-state index in [4.69, 9.17) is 9.47 Å². The molecule has 2 aromatic rings. The van der Waals surface area contributed by atoms with E-state index >= 15 is 0 Å². The molecular formula is C24H24N2O3. The van der Waals surface area contributed by atoms with Crippen LogP contribution < -0.4 is 10.1 Å². The Hall–Kier alpha value is -3.47. The van der Waals surface area contributed by atoms with E-state index < -0.39 is 0 Å². The number of carbonyl (C=O) groups is 1. The monoisotopic (exact) mass is 388 g/mol. The molecule has 0 spiro atoms. The van der Waals surface area contributed by atoms with Crippen LogP contribution in [0, 0.1) is 0 Å². The fourth-order valence-corrected chi connectivity index (χ4v) is 3.35. The number of benzene rings is 2. The molecule has 29 heavy (non-hydrogen) atoms. The number of amides is 1. The Morgan fingerprint density at radius 1 is 1.07 bits per heavy atom. The van der Waals surface area contributed by atoms with E-state index in [0.29, 0.717) is 19.7 Å². The lowest BCUT2D eigenvalue weighted by Gasteiger charge is -2.30. The van der Waals surface area contributed by atoms with Crippen LogP contribution in [0.15, 0.2) is 96.4 Å². The summed E-state index contributed by atoms with van der Waals surface area (Å²) in [7, 11) is 0. The maximum atomic E-state index is 12.5. The van der Waals surface area contributed by atoms with Crippen molar-refractivity contribution >= 4 is 6.09 Å². The Morgan fingerprint density at radius 2 is 1.83 bits per heavy atom. The molecule has 4 rings (SSSR count). The number of para-hydroxylation sites is 1. The van der Waals surface area contributed by atoms with Gasteiger partial charge in [0.1, 0.15) is 18.1 Å². The Balaban J connectivity index is 1.29. The zero-order valence-corrected chi connectivity index (χ0v) is 16.2. The topological polar surface area (TPSA) is 50.8 Å². The van der Waals surface area contributed by atoms with Gasteiger partial charge >= 0.3 is 6.09 Å². The maximum absolute atomic E-state index is 12.5. The first kappa shape index (κ1) is 18.9. The van der Waals surface area contributed by atoms with Crippen LogP contribution in [0.1, 0.15) is 12.0 Å². The number of rotatable bonds is 5. The largest absolute Gasteiger partial charge is 0.456 e.